The first kappa shape index (κ1) is 16.2. The summed E-state index contributed by atoms with van der Waals surface area (Å²) in [4.78, 5) is 14.7. The summed E-state index contributed by atoms with van der Waals surface area (Å²) in [6.07, 6.45) is 2.12. The first-order valence-electron chi connectivity index (χ1n) is 8.19. The van der Waals surface area contributed by atoms with Crippen LogP contribution in [0, 0.1) is 6.92 Å². The topological polar surface area (TPSA) is 67.6 Å². The number of methoxy groups -OCH3 is 1. The van der Waals surface area contributed by atoms with Crippen molar-refractivity contribution in [3.05, 3.63) is 47.5 Å². The third-order valence-electron chi connectivity index (χ3n) is 4.29. The van der Waals surface area contributed by atoms with Gasteiger partial charge in [0.25, 0.3) is 5.91 Å². The zero-order valence-electron chi connectivity index (χ0n) is 14.1. The summed E-state index contributed by atoms with van der Waals surface area (Å²) in [5.74, 6) is 0.755. The number of nitrogens with one attached hydrogen (secondary N) is 1. The molecule has 1 fully saturated rings. The van der Waals surface area contributed by atoms with Crippen LogP contribution in [0.15, 0.2) is 36.4 Å². The fourth-order valence-electron chi connectivity index (χ4n) is 3.00. The Hall–Kier alpha value is -2.69. The van der Waals surface area contributed by atoms with Crippen molar-refractivity contribution in [2.24, 2.45) is 0 Å². The van der Waals surface area contributed by atoms with Crippen LogP contribution in [0.5, 0.6) is 5.75 Å². The molecule has 0 spiro atoms. The van der Waals surface area contributed by atoms with Crippen LogP contribution in [0.1, 0.15) is 28.8 Å². The van der Waals surface area contributed by atoms with Crippen molar-refractivity contribution in [1.29, 1.82) is 0 Å². The van der Waals surface area contributed by atoms with Crippen molar-refractivity contribution in [2.45, 2.75) is 19.8 Å². The number of carbonyl (C=O) groups excluding carboxylic acids is 1. The number of hydrogen-bond donors (Lipinski definition) is 2. The minimum atomic E-state index is 0.0221. The Balaban J connectivity index is 1.96. The maximum Gasteiger partial charge on any atom is 0.256 e. The lowest BCUT2D eigenvalue weighted by atomic mass is 10.1. The summed E-state index contributed by atoms with van der Waals surface area (Å²) in [6.45, 7) is 3.63. The van der Waals surface area contributed by atoms with E-state index in [1.807, 2.05) is 36.1 Å². The van der Waals surface area contributed by atoms with Crippen LogP contribution < -0.4 is 15.8 Å². The van der Waals surface area contributed by atoms with E-state index in [1.165, 1.54) is 0 Å². The van der Waals surface area contributed by atoms with Crippen molar-refractivity contribution in [1.82, 2.24) is 4.90 Å². The van der Waals surface area contributed by atoms with Gasteiger partial charge in [0.05, 0.1) is 24.0 Å². The van der Waals surface area contributed by atoms with Gasteiger partial charge in [-0.3, -0.25) is 4.79 Å². The highest BCUT2D eigenvalue weighted by Gasteiger charge is 2.22. The van der Waals surface area contributed by atoms with Crippen molar-refractivity contribution >= 4 is 23.0 Å². The van der Waals surface area contributed by atoms with Gasteiger partial charge in [0.1, 0.15) is 5.75 Å². The number of benzene rings is 2. The number of likely N-dealkylation sites (tertiary alicyclic amines) is 1. The lowest BCUT2D eigenvalue weighted by Gasteiger charge is -2.19. The van der Waals surface area contributed by atoms with Crippen LogP contribution in [-0.2, 0) is 0 Å². The summed E-state index contributed by atoms with van der Waals surface area (Å²) in [7, 11) is 1.63. The molecule has 1 saturated heterocycles. The molecule has 3 N–H and O–H groups in total. The second-order valence-corrected chi connectivity index (χ2v) is 6.13. The normalized spacial score (nSPS) is 13.8. The summed E-state index contributed by atoms with van der Waals surface area (Å²) in [5.41, 5.74) is 9.78. The van der Waals surface area contributed by atoms with E-state index in [4.69, 9.17) is 10.5 Å². The number of nitrogens with two attached hydrogens (primary N) is 1. The molecule has 1 amide bonds. The van der Waals surface area contributed by atoms with E-state index in [-0.39, 0.29) is 5.91 Å². The molecule has 0 bridgehead atoms. The van der Waals surface area contributed by atoms with E-state index in [2.05, 4.69) is 5.32 Å². The second-order valence-electron chi connectivity index (χ2n) is 6.13. The Morgan fingerprint density at radius 1 is 1.12 bits per heavy atom. The Morgan fingerprint density at radius 2 is 1.88 bits per heavy atom. The third kappa shape index (κ3) is 3.30. The van der Waals surface area contributed by atoms with E-state index < -0.39 is 0 Å². The molecule has 0 aliphatic carbocycles. The molecule has 2 aromatic rings. The molecule has 1 aliphatic heterocycles. The Morgan fingerprint density at radius 3 is 2.58 bits per heavy atom. The van der Waals surface area contributed by atoms with Gasteiger partial charge < -0.3 is 20.7 Å². The van der Waals surface area contributed by atoms with E-state index in [0.29, 0.717) is 11.3 Å². The number of nitrogen functional groups attached to an aromatic ring is 1. The molecule has 1 heterocycles. The number of ether oxygens (including phenoxy) is 1. The molecule has 0 radical (unpaired) electrons. The van der Waals surface area contributed by atoms with Gasteiger partial charge in [0, 0.05) is 18.8 Å². The number of hydrogen-bond acceptors (Lipinski definition) is 4. The lowest BCUT2D eigenvalue weighted by molar-refractivity contribution is 0.0794. The summed E-state index contributed by atoms with van der Waals surface area (Å²) in [6, 6.07) is 11.3. The molecule has 2 aromatic carbocycles. The first-order valence-corrected chi connectivity index (χ1v) is 8.19. The van der Waals surface area contributed by atoms with Gasteiger partial charge in [-0.25, -0.2) is 0 Å². The molecule has 1 aliphatic rings. The quantitative estimate of drug-likeness (QED) is 0.843. The number of aryl methyl sites for hydroxylation is 1. The van der Waals surface area contributed by atoms with Crippen molar-refractivity contribution in [3.8, 4) is 5.75 Å². The fourth-order valence-corrected chi connectivity index (χ4v) is 3.00. The fraction of sp³-hybridized carbons (Fsp3) is 0.316. The van der Waals surface area contributed by atoms with Gasteiger partial charge in [-0.05, 0) is 55.7 Å². The molecule has 0 aromatic heterocycles. The molecular weight excluding hydrogens is 302 g/mol. The van der Waals surface area contributed by atoms with Gasteiger partial charge in [-0.1, -0.05) is 6.07 Å². The Kier molecular flexibility index (Phi) is 4.60. The summed E-state index contributed by atoms with van der Waals surface area (Å²) in [5, 5.41) is 3.34. The molecule has 3 rings (SSSR count). The highest BCUT2D eigenvalue weighted by Crippen LogP contribution is 2.31. The van der Waals surface area contributed by atoms with Crippen molar-refractivity contribution < 1.29 is 9.53 Å². The zero-order valence-corrected chi connectivity index (χ0v) is 14.1. The van der Waals surface area contributed by atoms with Gasteiger partial charge in [-0.2, -0.15) is 0 Å². The minimum absolute atomic E-state index is 0.0221. The second kappa shape index (κ2) is 6.83. The van der Waals surface area contributed by atoms with Crippen LogP contribution in [0.4, 0.5) is 17.1 Å². The average molecular weight is 325 g/mol. The smallest absolute Gasteiger partial charge is 0.256 e. The van der Waals surface area contributed by atoms with E-state index >= 15 is 0 Å². The molecule has 5 nitrogen and oxygen atoms in total. The highest BCUT2D eigenvalue weighted by molar-refractivity contribution is 6.01. The van der Waals surface area contributed by atoms with Crippen LogP contribution in [0.2, 0.25) is 0 Å². The van der Waals surface area contributed by atoms with Gasteiger partial charge >= 0.3 is 0 Å². The number of nitrogens with zero attached hydrogens (tertiary/aromatic N) is 1. The van der Waals surface area contributed by atoms with E-state index in [9.17, 15) is 4.79 Å². The molecule has 126 valence electrons. The first-order chi connectivity index (χ1) is 11.6. The number of amides is 1. The van der Waals surface area contributed by atoms with Gasteiger partial charge in [0.15, 0.2) is 0 Å². The van der Waals surface area contributed by atoms with Crippen LogP contribution >= 0.6 is 0 Å². The predicted octanol–water partition coefficient (Wildman–Crippen LogP) is 3.57. The molecule has 0 unspecified atom stereocenters. The maximum absolute atomic E-state index is 12.8. The van der Waals surface area contributed by atoms with Crippen LogP contribution in [0.3, 0.4) is 0 Å². The number of rotatable bonds is 4. The van der Waals surface area contributed by atoms with E-state index in [0.717, 1.165) is 48.6 Å². The van der Waals surface area contributed by atoms with Crippen molar-refractivity contribution in [3.63, 3.8) is 0 Å². The standard InChI is InChI=1S/C19H23N3O2/c1-13-5-8-18(24-2)17(11-13)21-16-7-6-14(20)12-15(16)19(23)22-9-3-4-10-22/h5-8,11-12,21H,3-4,9-10,20H2,1-2H3. The average Bonchev–Trinajstić information content (AvgIpc) is 3.10. The Labute approximate surface area is 142 Å². The number of anilines is 3. The van der Waals surface area contributed by atoms with Crippen LogP contribution in [-0.4, -0.2) is 31.0 Å². The molecule has 0 atom stereocenters. The largest absolute Gasteiger partial charge is 0.495 e. The lowest BCUT2D eigenvalue weighted by Crippen LogP contribution is -2.28. The summed E-state index contributed by atoms with van der Waals surface area (Å²) >= 11 is 0. The van der Waals surface area contributed by atoms with Gasteiger partial charge in [0.2, 0.25) is 0 Å². The Bertz CT molecular complexity index is 752. The molecular formula is C19H23N3O2. The predicted molar refractivity (Wildman–Crippen MR) is 97.0 cm³/mol. The molecule has 5 heteroatoms. The SMILES string of the molecule is COc1ccc(C)cc1Nc1ccc(N)cc1C(=O)N1CCCC1. The van der Waals surface area contributed by atoms with Gasteiger partial charge in [-0.15, -0.1) is 0 Å². The highest BCUT2D eigenvalue weighted by atomic mass is 16.5. The monoisotopic (exact) mass is 325 g/mol. The third-order valence-corrected chi connectivity index (χ3v) is 4.29. The maximum atomic E-state index is 12.8. The van der Waals surface area contributed by atoms with Crippen LogP contribution in [0.25, 0.3) is 0 Å². The minimum Gasteiger partial charge on any atom is -0.495 e. The molecule has 0 saturated carbocycles. The summed E-state index contributed by atoms with van der Waals surface area (Å²) < 4.78 is 5.41. The molecule has 24 heavy (non-hydrogen) atoms. The van der Waals surface area contributed by atoms with Crippen molar-refractivity contribution in [2.75, 3.05) is 31.2 Å². The van der Waals surface area contributed by atoms with E-state index in [1.54, 1.807) is 19.2 Å². The number of carbonyl (C=O) groups is 1. The zero-order chi connectivity index (χ0) is 17.1.